The zero-order valence-electron chi connectivity index (χ0n) is 13.7. The normalized spacial score (nSPS) is 11.3. The molecular formula is C16H20Cl2N2O3. The Morgan fingerprint density at radius 3 is 2.48 bits per heavy atom. The van der Waals surface area contributed by atoms with E-state index in [4.69, 9.17) is 27.9 Å². The molecule has 0 heterocycles. The van der Waals surface area contributed by atoms with Gasteiger partial charge in [0.15, 0.2) is 0 Å². The van der Waals surface area contributed by atoms with E-state index in [0.717, 1.165) is 16.1 Å². The maximum Gasteiger partial charge on any atom is 0.354 e. The highest BCUT2D eigenvalue weighted by molar-refractivity contribution is 6.36. The second kappa shape index (κ2) is 8.89. The highest BCUT2D eigenvalue weighted by atomic mass is 35.5. The minimum absolute atomic E-state index is 0.0787. The lowest BCUT2D eigenvalue weighted by atomic mass is 10.0. The summed E-state index contributed by atoms with van der Waals surface area (Å²) in [5.41, 5.74) is 1.75. The van der Waals surface area contributed by atoms with Crippen LogP contribution in [0.4, 0.5) is 0 Å². The van der Waals surface area contributed by atoms with Crippen LogP contribution in [0.2, 0.25) is 10.0 Å². The number of carbonyl (C=O) groups excluding carboxylic acids is 2. The molecule has 5 nitrogen and oxygen atoms in total. The Labute approximate surface area is 146 Å². The molecule has 0 saturated carbocycles. The third kappa shape index (κ3) is 5.52. The number of halogens is 2. The molecule has 1 rings (SSSR count). The number of benzene rings is 1. The smallest absolute Gasteiger partial charge is 0.354 e. The Bertz CT molecular complexity index is 630. The van der Waals surface area contributed by atoms with E-state index >= 15 is 0 Å². The van der Waals surface area contributed by atoms with Gasteiger partial charge in [0.05, 0.1) is 13.0 Å². The molecule has 0 atom stereocenters. The molecule has 1 aromatic rings. The first kappa shape index (κ1) is 19.5. The van der Waals surface area contributed by atoms with Crippen molar-refractivity contribution >= 4 is 40.8 Å². The van der Waals surface area contributed by atoms with Gasteiger partial charge in [-0.1, -0.05) is 30.1 Å². The number of likely N-dealkylation sites (N-methyl/N-ethyl adjacent to an activating group) is 1. The maximum absolute atomic E-state index is 12.3. The van der Waals surface area contributed by atoms with Gasteiger partial charge in [-0.2, -0.15) is 5.10 Å². The van der Waals surface area contributed by atoms with E-state index in [1.165, 1.54) is 14.0 Å². The van der Waals surface area contributed by atoms with E-state index in [9.17, 15) is 9.59 Å². The number of esters is 1. The zero-order chi connectivity index (χ0) is 17.6. The van der Waals surface area contributed by atoms with Crippen LogP contribution in [0.3, 0.4) is 0 Å². The fourth-order valence-corrected chi connectivity index (χ4v) is 2.60. The largest absolute Gasteiger partial charge is 0.461 e. The van der Waals surface area contributed by atoms with Gasteiger partial charge in [-0.25, -0.2) is 9.80 Å². The van der Waals surface area contributed by atoms with Crippen LogP contribution >= 0.6 is 23.2 Å². The van der Waals surface area contributed by atoms with Crippen molar-refractivity contribution in [2.75, 3.05) is 13.7 Å². The van der Waals surface area contributed by atoms with E-state index in [2.05, 4.69) is 5.10 Å². The molecule has 0 spiro atoms. The fraction of sp³-hybridized carbons (Fsp3) is 0.438. The van der Waals surface area contributed by atoms with E-state index in [-0.39, 0.29) is 24.6 Å². The van der Waals surface area contributed by atoms with Crippen LogP contribution in [-0.4, -0.2) is 36.3 Å². The van der Waals surface area contributed by atoms with E-state index in [1.807, 2.05) is 6.92 Å². The van der Waals surface area contributed by atoms with Crippen LogP contribution < -0.4 is 0 Å². The van der Waals surface area contributed by atoms with E-state index < -0.39 is 5.97 Å². The number of rotatable bonds is 6. The topological polar surface area (TPSA) is 59.0 Å². The molecule has 0 fully saturated rings. The Kier molecular flexibility index (Phi) is 7.52. The summed E-state index contributed by atoms with van der Waals surface area (Å²) in [5.74, 6) is -0.835. The quantitative estimate of drug-likeness (QED) is 0.444. The molecule has 0 aromatic heterocycles. The van der Waals surface area contributed by atoms with Crippen LogP contribution in [0.25, 0.3) is 0 Å². The lowest BCUT2D eigenvalue weighted by Crippen LogP contribution is -2.27. The van der Waals surface area contributed by atoms with Gasteiger partial charge in [0.25, 0.3) is 0 Å². The Balaban J connectivity index is 2.92. The maximum atomic E-state index is 12.3. The van der Waals surface area contributed by atoms with Crippen molar-refractivity contribution in [2.24, 2.45) is 5.10 Å². The van der Waals surface area contributed by atoms with Crippen LogP contribution in [-0.2, 0) is 27.2 Å². The second-order valence-electron chi connectivity index (χ2n) is 4.88. The highest BCUT2D eigenvalue weighted by Crippen LogP contribution is 2.26. The average molecular weight is 359 g/mol. The zero-order valence-corrected chi connectivity index (χ0v) is 15.2. The van der Waals surface area contributed by atoms with Gasteiger partial charge in [-0.15, -0.1) is 0 Å². The molecule has 0 radical (unpaired) electrons. The summed E-state index contributed by atoms with van der Waals surface area (Å²) in [5, 5.41) is 6.05. The van der Waals surface area contributed by atoms with Gasteiger partial charge in [-0.3, -0.25) is 4.79 Å². The summed E-state index contributed by atoms with van der Waals surface area (Å²) >= 11 is 12.2. The lowest BCUT2D eigenvalue weighted by molar-refractivity contribution is -0.135. The molecule has 126 valence electrons. The van der Waals surface area contributed by atoms with Gasteiger partial charge in [0, 0.05) is 17.1 Å². The number of ether oxygens (including phenoxy) is 1. The molecule has 0 aliphatic carbocycles. The second-order valence-corrected chi connectivity index (χ2v) is 5.72. The third-order valence-electron chi connectivity index (χ3n) is 3.19. The Morgan fingerprint density at radius 2 is 1.91 bits per heavy atom. The highest BCUT2D eigenvalue weighted by Gasteiger charge is 2.17. The molecule has 7 heteroatoms. The average Bonchev–Trinajstić information content (AvgIpc) is 2.49. The summed E-state index contributed by atoms with van der Waals surface area (Å²) in [4.78, 5) is 23.8. The number of nitrogens with zero attached hydrogens (tertiary/aromatic N) is 2. The SMILES string of the molecule is CCOC(=O)C(C)=NN(C)C(=O)Cc1c(Cl)cc(Cl)cc1CC. The molecule has 23 heavy (non-hydrogen) atoms. The third-order valence-corrected chi connectivity index (χ3v) is 3.75. The van der Waals surface area contributed by atoms with Crippen molar-refractivity contribution in [3.05, 3.63) is 33.3 Å². The molecule has 0 bridgehead atoms. The summed E-state index contributed by atoms with van der Waals surface area (Å²) in [6.45, 7) is 5.41. The molecule has 0 aliphatic heterocycles. The van der Waals surface area contributed by atoms with Gasteiger partial charge < -0.3 is 4.74 Å². The fourth-order valence-electron chi connectivity index (χ4n) is 1.99. The van der Waals surface area contributed by atoms with Crippen molar-refractivity contribution in [1.82, 2.24) is 5.01 Å². The van der Waals surface area contributed by atoms with Crippen molar-refractivity contribution in [2.45, 2.75) is 33.6 Å². The predicted molar refractivity (Wildman–Crippen MR) is 92.1 cm³/mol. The number of aryl methyl sites for hydroxylation is 1. The summed E-state index contributed by atoms with van der Waals surface area (Å²) in [6, 6.07) is 3.40. The summed E-state index contributed by atoms with van der Waals surface area (Å²) in [7, 11) is 1.49. The minimum atomic E-state index is -0.550. The Hall–Kier alpha value is -1.59. The van der Waals surface area contributed by atoms with Crippen molar-refractivity contribution in [3.63, 3.8) is 0 Å². The summed E-state index contributed by atoms with van der Waals surface area (Å²) < 4.78 is 4.83. The summed E-state index contributed by atoms with van der Waals surface area (Å²) in [6.07, 6.45) is 0.785. The Morgan fingerprint density at radius 1 is 1.26 bits per heavy atom. The van der Waals surface area contributed by atoms with Crippen molar-refractivity contribution < 1.29 is 14.3 Å². The standard InChI is InChI=1S/C16H20Cl2N2O3/c1-5-11-7-12(17)8-14(18)13(11)9-15(21)20(4)19-10(3)16(22)23-6-2/h7-8H,5-6,9H2,1-4H3. The minimum Gasteiger partial charge on any atom is -0.461 e. The van der Waals surface area contributed by atoms with Crippen LogP contribution in [0.5, 0.6) is 0 Å². The molecular weight excluding hydrogens is 339 g/mol. The number of hydrazone groups is 1. The van der Waals surface area contributed by atoms with Gasteiger partial charge in [0.1, 0.15) is 5.71 Å². The molecule has 0 N–H and O–H groups in total. The molecule has 0 aliphatic rings. The van der Waals surface area contributed by atoms with E-state index in [0.29, 0.717) is 16.5 Å². The monoisotopic (exact) mass is 358 g/mol. The molecule has 1 aromatic carbocycles. The van der Waals surface area contributed by atoms with Gasteiger partial charge >= 0.3 is 5.97 Å². The van der Waals surface area contributed by atoms with Crippen molar-refractivity contribution in [3.8, 4) is 0 Å². The van der Waals surface area contributed by atoms with Crippen LogP contribution in [0, 0.1) is 0 Å². The number of carbonyl (C=O) groups is 2. The number of hydrogen-bond donors (Lipinski definition) is 0. The molecule has 0 unspecified atom stereocenters. The first-order valence-electron chi connectivity index (χ1n) is 7.25. The van der Waals surface area contributed by atoms with Gasteiger partial charge in [-0.05, 0) is 43.5 Å². The number of hydrogen-bond acceptors (Lipinski definition) is 4. The van der Waals surface area contributed by atoms with E-state index in [1.54, 1.807) is 19.1 Å². The molecule has 0 saturated heterocycles. The van der Waals surface area contributed by atoms with Gasteiger partial charge in [0.2, 0.25) is 5.91 Å². The van der Waals surface area contributed by atoms with Crippen molar-refractivity contribution in [1.29, 1.82) is 0 Å². The molecule has 1 amide bonds. The first-order valence-corrected chi connectivity index (χ1v) is 8.01. The van der Waals surface area contributed by atoms with Crippen LogP contribution in [0.15, 0.2) is 17.2 Å². The first-order chi connectivity index (χ1) is 10.8. The lowest BCUT2D eigenvalue weighted by Gasteiger charge is -2.15. The van der Waals surface area contributed by atoms with Crippen LogP contribution in [0.1, 0.15) is 31.9 Å². The number of amides is 1. The predicted octanol–water partition coefficient (Wildman–Crippen LogP) is 3.50.